The first-order chi connectivity index (χ1) is 7.59. The van der Waals surface area contributed by atoms with E-state index in [1.165, 1.54) is 30.3 Å². The molecular formula is C12H9F2NO. The van der Waals surface area contributed by atoms with E-state index in [1.54, 1.807) is 0 Å². The molecule has 2 aromatic rings. The van der Waals surface area contributed by atoms with Crippen molar-refractivity contribution in [1.82, 2.24) is 0 Å². The number of hydrogen-bond donors (Lipinski definition) is 2. The van der Waals surface area contributed by atoms with Crippen LogP contribution in [0.5, 0.6) is 5.75 Å². The average molecular weight is 221 g/mol. The summed E-state index contributed by atoms with van der Waals surface area (Å²) in [5, 5.41) is 9.09. The molecule has 3 N–H and O–H groups in total. The van der Waals surface area contributed by atoms with Crippen molar-refractivity contribution in [2.45, 2.75) is 0 Å². The van der Waals surface area contributed by atoms with E-state index < -0.39 is 17.3 Å². The molecule has 16 heavy (non-hydrogen) atoms. The van der Waals surface area contributed by atoms with Crippen LogP contribution in [0.25, 0.3) is 11.1 Å². The van der Waals surface area contributed by atoms with Crippen LogP contribution < -0.4 is 5.73 Å². The second-order valence-corrected chi connectivity index (χ2v) is 3.37. The Balaban J connectivity index is 2.57. The number of nitrogen functional groups attached to an aromatic ring is 1. The van der Waals surface area contributed by atoms with E-state index in [2.05, 4.69) is 0 Å². The molecule has 0 heterocycles. The van der Waals surface area contributed by atoms with E-state index in [0.717, 1.165) is 6.07 Å². The maximum absolute atomic E-state index is 13.6. The number of hydrogen-bond acceptors (Lipinski definition) is 2. The molecule has 82 valence electrons. The second-order valence-electron chi connectivity index (χ2n) is 3.37. The van der Waals surface area contributed by atoms with Crippen LogP contribution in [0.15, 0.2) is 36.4 Å². The first-order valence-electron chi connectivity index (χ1n) is 4.62. The van der Waals surface area contributed by atoms with Gasteiger partial charge in [-0.05, 0) is 29.8 Å². The Bertz CT molecular complexity index is 523. The largest absolute Gasteiger partial charge is 0.508 e. The van der Waals surface area contributed by atoms with Crippen molar-refractivity contribution in [3.8, 4) is 16.9 Å². The first-order valence-corrected chi connectivity index (χ1v) is 4.62. The van der Waals surface area contributed by atoms with Crippen molar-refractivity contribution < 1.29 is 13.9 Å². The monoisotopic (exact) mass is 221 g/mol. The van der Waals surface area contributed by atoms with Gasteiger partial charge >= 0.3 is 0 Å². The van der Waals surface area contributed by atoms with Gasteiger partial charge in [-0.1, -0.05) is 12.1 Å². The maximum atomic E-state index is 13.6. The minimum absolute atomic E-state index is 0.0826. The predicted molar refractivity (Wildman–Crippen MR) is 57.9 cm³/mol. The molecule has 2 nitrogen and oxygen atoms in total. The zero-order chi connectivity index (χ0) is 11.7. The molecule has 0 saturated carbocycles. The number of anilines is 1. The molecule has 0 bridgehead atoms. The summed E-state index contributed by atoms with van der Waals surface area (Å²) in [6, 6.07) is 8.34. The average Bonchev–Trinajstić information content (AvgIpc) is 2.28. The van der Waals surface area contributed by atoms with Crippen molar-refractivity contribution in [3.63, 3.8) is 0 Å². The van der Waals surface area contributed by atoms with Gasteiger partial charge in [0.05, 0.1) is 0 Å². The third-order valence-electron chi connectivity index (χ3n) is 2.30. The van der Waals surface area contributed by atoms with Crippen molar-refractivity contribution in [2.75, 3.05) is 5.73 Å². The highest BCUT2D eigenvalue weighted by molar-refractivity contribution is 5.69. The van der Waals surface area contributed by atoms with Crippen LogP contribution in [0.1, 0.15) is 0 Å². The quantitative estimate of drug-likeness (QED) is 0.727. The highest BCUT2D eigenvalue weighted by Gasteiger charge is 2.11. The number of aromatic hydroxyl groups is 1. The summed E-state index contributed by atoms with van der Waals surface area (Å²) in [5.74, 6) is -1.48. The number of phenolic OH excluding ortho intramolecular Hbond substituents is 1. The summed E-state index contributed by atoms with van der Waals surface area (Å²) in [5.41, 5.74) is 5.49. The van der Waals surface area contributed by atoms with Gasteiger partial charge in [-0.25, -0.2) is 8.78 Å². The normalized spacial score (nSPS) is 10.4. The van der Waals surface area contributed by atoms with E-state index in [9.17, 15) is 8.78 Å². The Labute approximate surface area is 91.0 Å². The van der Waals surface area contributed by atoms with Crippen molar-refractivity contribution >= 4 is 5.69 Å². The van der Waals surface area contributed by atoms with Crippen LogP contribution in [-0.2, 0) is 0 Å². The Kier molecular flexibility index (Phi) is 2.48. The molecule has 0 saturated heterocycles. The third-order valence-corrected chi connectivity index (χ3v) is 2.30. The van der Waals surface area contributed by atoms with E-state index in [1.807, 2.05) is 0 Å². The van der Waals surface area contributed by atoms with E-state index >= 15 is 0 Å². The molecule has 0 aliphatic carbocycles. The summed E-state index contributed by atoms with van der Waals surface area (Å²) in [6.45, 7) is 0. The third kappa shape index (κ3) is 1.69. The van der Waals surface area contributed by atoms with Gasteiger partial charge in [-0.15, -0.1) is 0 Å². The van der Waals surface area contributed by atoms with Gasteiger partial charge in [0.25, 0.3) is 0 Å². The molecule has 0 aliphatic heterocycles. The topological polar surface area (TPSA) is 46.2 Å². The maximum Gasteiger partial charge on any atom is 0.156 e. The highest BCUT2D eigenvalue weighted by atomic mass is 19.1. The minimum atomic E-state index is -0.786. The minimum Gasteiger partial charge on any atom is -0.508 e. The lowest BCUT2D eigenvalue weighted by Gasteiger charge is -2.06. The van der Waals surface area contributed by atoms with Gasteiger partial charge in [-0.2, -0.15) is 0 Å². The van der Waals surface area contributed by atoms with Crippen LogP contribution in [-0.4, -0.2) is 5.11 Å². The lowest BCUT2D eigenvalue weighted by Crippen LogP contribution is -1.97. The van der Waals surface area contributed by atoms with Gasteiger partial charge in [-0.3, -0.25) is 0 Å². The number of phenols is 1. The van der Waals surface area contributed by atoms with Gasteiger partial charge in [0.15, 0.2) is 5.82 Å². The van der Waals surface area contributed by atoms with Crippen LogP contribution in [0.4, 0.5) is 14.5 Å². The fourth-order valence-electron chi connectivity index (χ4n) is 1.43. The molecule has 0 atom stereocenters. The van der Waals surface area contributed by atoms with Crippen LogP contribution in [0, 0.1) is 11.6 Å². The lowest BCUT2D eigenvalue weighted by atomic mass is 10.0. The molecular weight excluding hydrogens is 212 g/mol. The molecule has 0 spiro atoms. The summed E-state index contributed by atoms with van der Waals surface area (Å²) in [7, 11) is 0. The molecule has 2 aromatic carbocycles. The van der Waals surface area contributed by atoms with Crippen LogP contribution in [0.2, 0.25) is 0 Å². The summed E-state index contributed by atoms with van der Waals surface area (Å²) in [6.07, 6.45) is 0. The molecule has 0 fully saturated rings. The fourth-order valence-corrected chi connectivity index (χ4v) is 1.43. The van der Waals surface area contributed by atoms with Crippen molar-refractivity contribution in [3.05, 3.63) is 48.0 Å². The Morgan fingerprint density at radius 1 is 0.938 bits per heavy atom. The van der Waals surface area contributed by atoms with Crippen molar-refractivity contribution in [2.24, 2.45) is 0 Å². The summed E-state index contributed by atoms with van der Waals surface area (Å²) in [4.78, 5) is 0. The number of nitrogens with two attached hydrogens (primary N) is 1. The van der Waals surface area contributed by atoms with Gasteiger partial charge in [0.2, 0.25) is 0 Å². The second kappa shape index (κ2) is 3.81. The molecule has 2 rings (SSSR count). The number of halogens is 2. The standard InChI is InChI=1S/C12H9F2NO/c13-10-6-5-9(11(14)12(10)15)7-1-3-8(16)4-2-7/h1-6,16H,15H2. The Morgan fingerprint density at radius 3 is 2.19 bits per heavy atom. The summed E-state index contributed by atoms with van der Waals surface area (Å²) < 4.78 is 26.6. The van der Waals surface area contributed by atoms with Crippen LogP contribution in [0.3, 0.4) is 0 Å². The smallest absolute Gasteiger partial charge is 0.156 e. The number of benzene rings is 2. The molecule has 0 amide bonds. The predicted octanol–water partition coefficient (Wildman–Crippen LogP) is 2.92. The van der Waals surface area contributed by atoms with Gasteiger partial charge in [0.1, 0.15) is 17.3 Å². The van der Waals surface area contributed by atoms with Gasteiger partial charge in [0, 0.05) is 5.56 Å². The zero-order valence-corrected chi connectivity index (χ0v) is 8.24. The zero-order valence-electron chi connectivity index (χ0n) is 8.24. The highest BCUT2D eigenvalue weighted by Crippen LogP contribution is 2.28. The fraction of sp³-hybridized carbons (Fsp3) is 0. The SMILES string of the molecule is Nc1c(F)ccc(-c2ccc(O)cc2)c1F. The molecule has 0 unspecified atom stereocenters. The lowest BCUT2D eigenvalue weighted by molar-refractivity contribution is 0.475. The molecule has 4 heteroatoms. The van der Waals surface area contributed by atoms with Crippen LogP contribution >= 0.6 is 0 Å². The Hall–Kier alpha value is -2.10. The number of rotatable bonds is 1. The summed E-state index contributed by atoms with van der Waals surface area (Å²) >= 11 is 0. The molecule has 0 aliphatic rings. The van der Waals surface area contributed by atoms with E-state index in [-0.39, 0.29) is 11.3 Å². The molecule has 0 radical (unpaired) electrons. The molecule has 0 aromatic heterocycles. The Morgan fingerprint density at radius 2 is 1.56 bits per heavy atom. The van der Waals surface area contributed by atoms with E-state index in [0.29, 0.717) is 5.56 Å². The van der Waals surface area contributed by atoms with Gasteiger partial charge < -0.3 is 10.8 Å². The first kappa shape index (κ1) is 10.4. The van der Waals surface area contributed by atoms with E-state index in [4.69, 9.17) is 10.8 Å². The van der Waals surface area contributed by atoms with Crippen molar-refractivity contribution in [1.29, 1.82) is 0 Å².